The van der Waals surface area contributed by atoms with E-state index in [1.165, 1.54) is 16.4 Å². The summed E-state index contributed by atoms with van der Waals surface area (Å²) in [6, 6.07) is 9.82. The summed E-state index contributed by atoms with van der Waals surface area (Å²) in [5.74, 6) is -0.282. The Hall–Kier alpha value is -2.10. The number of aryl methyl sites for hydroxylation is 1. The summed E-state index contributed by atoms with van der Waals surface area (Å²) in [6.45, 7) is 3.62. The molecule has 0 amide bonds. The second-order valence-corrected chi connectivity index (χ2v) is 8.61. The predicted octanol–water partition coefficient (Wildman–Crippen LogP) is 2.65. The Kier molecular flexibility index (Phi) is 4.37. The van der Waals surface area contributed by atoms with Crippen molar-refractivity contribution in [2.45, 2.75) is 11.8 Å². The lowest BCUT2D eigenvalue weighted by molar-refractivity contribution is 0.385. The Labute approximate surface area is 155 Å². The van der Waals surface area contributed by atoms with Crippen LogP contribution in [0.25, 0.3) is 11.0 Å². The normalized spacial score (nSPS) is 16.3. The third-order valence-corrected chi connectivity index (χ3v) is 7.23. The Bertz CT molecular complexity index is 1040. The zero-order chi connectivity index (χ0) is 18.3. The van der Waals surface area contributed by atoms with E-state index in [0.29, 0.717) is 42.8 Å². The van der Waals surface area contributed by atoms with E-state index >= 15 is 0 Å². The number of aromatic nitrogens is 2. The number of anilines is 1. The average Bonchev–Trinajstić information content (AvgIpc) is 3.10. The molecule has 0 aliphatic carbocycles. The SMILES string of the molecule is Cc1ccc2nsnc2c1S(=O)(=O)N1CCN(c2ccc(F)cc2)CC1. The highest BCUT2D eigenvalue weighted by molar-refractivity contribution is 7.89. The van der Waals surface area contributed by atoms with Crippen LogP contribution in [0.1, 0.15) is 5.56 Å². The molecule has 1 aliphatic rings. The van der Waals surface area contributed by atoms with Gasteiger partial charge in [-0.25, -0.2) is 12.8 Å². The molecule has 0 radical (unpaired) electrons. The lowest BCUT2D eigenvalue weighted by Crippen LogP contribution is -2.48. The quantitative estimate of drug-likeness (QED) is 0.686. The van der Waals surface area contributed by atoms with Gasteiger partial charge in [-0.2, -0.15) is 13.1 Å². The van der Waals surface area contributed by atoms with Crippen molar-refractivity contribution in [3.05, 3.63) is 47.8 Å². The number of hydrogen-bond donors (Lipinski definition) is 0. The summed E-state index contributed by atoms with van der Waals surface area (Å²) >= 11 is 1.02. The summed E-state index contributed by atoms with van der Waals surface area (Å²) in [4.78, 5) is 2.31. The zero-order valence-electron chi connectivity index (χ0n) is 14.1. The number of hydrogen-bond acceptors (Lipinski definition) is 6. The summed E-state index contributed by atoms with van der Waals surface area (Å²) in [7, 11) is -3.65. The fraction of sp³-hybridized carbons (Fsp3) is 0.294. The van der Waals surface area contributed by atoms with Crippen LogP contribution in [0.15, 0.2) is 41.3 Å². The third-order valence-electron chi connectivity index (χ3n) is 4.61. The summed E-state index contributed by atoms with van der Waals surface area (Å²) in [5.41, 5.74) is 2.61. The zero-order valence-corrected chi connectivity index (χ0v) is 15.7. The second kappa shape index (κ2) is 6.57. The van der Waals surface area contributed by atoms with Gasteiger partial charge in [0.25, 0.3) is 0 Å². The summed E-state index contributed by atoms with van der Waals surface area (Å²) < 4.78 is 49.3. The first-order valence-corrected chi connectivity index (χ1v) is 10.4. The summed E-state index contributed by atoms with van der Waals surface area (Å²) in [6.07, 6.45) is 0. The largest absolute Gasteiger partial charge is 0.369 e. The lowest BCUT2D eigenvalue weighted by atomic mass is 10.2. The Morgan fingerprint density at radius 2 is 1.69 bits per heavy atom. The topological polar surface area (TPSA) is 66.4 Å². The van der Waals surface area contributed by atoms with Gasteiger partial charge in [-0.05, 0) is 42.8 Å². The van der Waals surface area contributed by atoms with Crippen molar-refractivity contribution in [2.75, 3.05) is 31.1 Å². The maximum atomic E-state index is 13.2. The monoisotopic (exact) mass is 392 g/mol. The van der Waals surface area contributed by atoms with E-state index in [4.69, 9.17) is 0 Å². The van der Waals surface area contributed by atoms with Gasteiger partial charge in [0, 0.05) is 31.9 Å². The molecule has 0 N–H and O–H groups in total. The molecule has 2 heterocycles. The van der Waals surface area contributed by atoms with Gasteiger partial charge in [0.2, 0.25) is 10.0 Å². The van der Waals surface area contributed by atoms with Crippen molar-refractivity contribution in [1.29, 1.82) is 0 Å². The highest BCUT2D eigenvalue weighted by Gasteiger charge is 2.32. The maximum Gasteiger partial charge on any atom is 0.245 e. The van der Waals surface area contributed by atoms with Crippen LogP contribution in [0.5, 0.6) is 0 Å². The van der Waals surface area contributed by atoms with Crippen molar-refractivity contribution >= 4 is 38.5 Å². The number of fused-ring (bicyclic) bond motifs is 1. The first kappa shape index (κ1) is 17.3. The Balaban J connectivity index is 1.59. The molecule has 0 saturated carbocycles. The van der Waals surface area contributed by atoms with E-state index in [0.717, 1.165) is 17.4 Å². The fourth-order valence-electron chi connectivity index (χ4n) is 3.22. The van der Waals surface area contributed by atoms with Crippen LogP contribution < -0.4 is 4.90 Å². The first-order chi connectivity index (χ1) is 12.5. The van der Waals surface area contributed by atoms with E-state index in [1.54, 1.807) is 31.2 Å². The van der Waals surface area contributed by atoms with Gasteiger partial charge in [-0.1, -0.05) is 6.07 Å². The minimum absolute atomic E-state index is 0.249. The van der Waals surface area contributed by atoms with Crippen LogP contribution >= 0.6 is 11.7 Å². The van der Waals surface area contributed by atoms with E-state index in [2.05, 4.69) is 13.6 Å². The van der Waals surface area contributed by atoms with Crippen LogP contribution in [-0.2, 0) is 10.0 Å². The standard InChI is InChI=1S/C17H17FN4O2S2/c1-12-2-7-15-16(20-25-19-15)17(12)26(23,24)22-10-8-21(9-11-22)14-5-3-13(18)4-6-14/h2-7H,8-11H2,1H3. The molecule has 0 spiro atoms. The van der Waals surface area contributed by atoms with Gasteiger partial charge in [-0.3, -0.25) is 0 Å². The van der Waals surface area contributed by atoms with Crippen molar-refractivity contribution < 1.29 is 12.8 Å². The molecule has 136 valence electrons. The Morgan fingerprint density at radius 1 is 1.00 bits per heavy atom. The number of benzene rings is 2. The average molecular weight is 392 g/mol. The molecule has 1 aliphatic heterocycles. The molecule has 4 rings (SSSR count). The van der Waals surface area contributed by atoms with Crippen molar-refractivity contribution in [1.82, 2.24) is 13.1 Å². The minimum atomic E-state index is -3.65. The van der Waals surface area contributed by atoms with Crippen LogP contribution in [0.3, 0.4) is 0 Å². The number of nitrogens with zero attached hydrogens (tertiary/aromatic N) is 4. The molecule has 2 aromatic carbocycles. The molecule has 26 heavy (non-hydrogen) atoms. The first-order valence-electron chi connectivity index (χ1n) is 8.19. The number of halogens is 1. The van der Waals surface area contributed by atoms with Gasteiger partial charge in [-0.15, -0.1) is 0 Å². The number of sulfonamides is 1. The highest BCUT2D eigenvalue weighted by atomic mass is 32.2. The molecule has 6 nitrogen and oxygen atoms in total. The van der Waals surface area contributed by atoms with Gasteiger partial charge < -0.3 is 4.90 Å². The van der Waals surface area contributed by atoms with Gasteiger partial charge in [0.05, 0.1) is 11.7 Å². The molecule has 0 bridgehead atoms. The lowest BCUT2D eigenvalue weighted by Gasteiger charge is -2.35. The van der Waals surface area contributed by atoms with Crippen molar-refractivity contribution in [2.24, 2.45) is 0 Å². The molecule has 0 unspecified atom stereocenters. The maximum absolute atomic E-state index is 13.2. The van der Waals surface area contributed by atoms with Gasteiger partial charge in [0.15, 0.2) is 0 Å². The molecule has 3 aromatic rings. The molecule has 1 fully saturated rings. The molecule has 0 atom stereocenters. The highest BCUT2D eigenvalue weighted by Crippen LogP contribution is 2.29. The molecular formula is C17H17FN4O2S2. The molecule has 1 aromatic heterocycles. The summed E-state index contributed by atoms with van der Waals surface area (Å²) in [5, 5.41) is 0. The van der Waals surface area contributed by atoms with Crippen LogP contribution in [0.2, 0.25) is 0 Å². The Morgan fingerprint density at radius 3 is 2.38 bits per heavy atom. The van der Waals surface area contributed by atoms with Crippen LogP contribution in [-0.4, -0.2) is 47.6 Å². The minimum Gasteiger partial charge on any atom is -0.369 e. The van der Waals surface area contributed by atoms with Crippen LogP contribution in [0.4, 0.5) is 10.1 Å². The van der Waals surface area contributed by atoms with E-state index < -0.39 is 10.0 Å². The number of rotatable bonds is 3. The van der Waals surface area contributed by atoms with Gasteiger partial charge >= 0.3 is 0 Å². The van der Waals surface area contributed by atoms with E-state index in [-0.39, 0.29) is 10.7 Å². The van der Waals surface area contributed by atoms with Crippen molar-refractivity contribution in [3.8, 4) is 0 Å². The van der Waals surface area contributed by atoms with Crippen molar-refractivity contribution in [3.63, 3.8) is 0 Å². The molecule has 9 heteroatoms. The van der Waals surface area contributed by atoms with Crippen LogP contribution in [0, 0.1) is 12.7 Å². The smallest absolute Gasteiger partial charge is 0.245 e. The second-order valence-electron chi connectivity index (χ2n) is 6.21. The fourth-order valence-corrected chi connectivity index (χ4v) is 5.59. The third kappa shape index (κ3) is 2.95. The van der Waals surface area contributed by atoms with Gasteiger partial charge in [0.1, 0.15) is 21.7 Å². The molecular weight excluding hydrogens is 375 g/mol. The predicted molar refractivity (Wildman–Crippen MR) is 99.5 cm³/mol. The number of piperazine rings is 1. The molecule has 1 saturated heterocycles. The van der Waals surface area contributed by atoms with E-state index in [1.807, 2.05) is 0 Å². The van der Waals surface area contributed by atoms with E-state index in [9.17, 15) is 12.8 Å².